The van der Waals surface area contributed by atoms with E-state index in [0.29, 0.717) is 6.54 Å². The van der Waals surface area contributed by atoms with Gasteiger partial charge in [-0.05, 0) is 56.4 Å². The molecule has 0 radical (unpaired) electrons. The molecule has 0 atom stereocenters. The van der Waals surface area contributed by atoms with Gasteiger partial charge in [-0.1, -0.05) is 15.9 Å². The van der Waals surface area contributed by atoms with Crippen molar-refractivity contribution in [3.63, 3.8) is 0 Å². The highest BCUT2D eigenvalue weighted by Crippen LogP contribution is 2.24. The van der Waals surface area contributed by atoms with Gasteiger partial charge in [0, 0.05) is 23.2 Å². The number of carbonyl (C=O) groups is 1. The summed E-state index contributed by atoms with van der Waals surface area (Å²) in [5, 5.41) is 3.24. The summed E-state index contributed by atoms with van der Waals surface area (Å²) < 4.78 is 1.14. The molecule has 1 heterocycles. The Hall–Kier alpha value is -1.03. The molecular weight excluding hydrogens is 304 g/mol. The lowest BCUT2D eigenvalue weighted by molar-refractivity contribution is -0.130. The van der Waals surface area contributed by atoms with E-state index in [1.807, 2.05) is 4.90 Å². The molecule has 3 nitrogen and oxygen atoms in total. The molecule has 0 saturated carbocycles. The first-order chi connectivity index (χ1) is 9.08. The van der Waals surface area contributed by atoms with E-state index in [-0.39, 0.29) is 5.91 Å². The van der Waals surface area contributed by atoms with Crippen LogP contribution in [-0.2, 0) is 4.79 Å². The maximum Gasteiger partial charge on any atom is 0.241 e. The Labute approximate surface area is 123 Å². The fraction of sp³-hybridized carbons (Fsp3) is 0.533. The first-order valence-electron chi connectivity index (χ1n) is 6.86. The molecule has 0 spiro atoms. The number of anilines is 1. The Morgan fingerprint density at radius 3 is 2.37 bits per heavy atom. The monoisotopic (exact) mass is 324 g/mol. The molecule has 0 bridgehead atoms. The van der Waals surface area contributed by atoms with Crippen LogP contribution in [0.4, 0.5) is 5.69 Å². The number of aryl methyl sites for hydroxylation is 2. The van der Waals surface area contributed by atoms with Gasteiger partial charge in [0.05, 0.1) is 6.54 Å². The first-order valence-corrected chi connectivity index (χ1v) is 7.65. The third-order valence-corrected chi connectivity index (χ3v) is 4.84. The zero-order valence-corrected chi connectivity index (χ0v) is 13.2. The summed E-state index contributed by atoms with van der Waals surface area (Å²) >= 11 is 3.55. The van der Waals surface area contributed by atoms with E-state index < -0.39 is 0 Å². The highest BCUT2D eigenvalue weighted by atomic mass is 79.9. The second-order valence-corrected chi connectivity index (χ2v) is 6.01. The Balaban J connectivity index is 1.93. The normalized spacial score (nSPS) is 15.4. The van der Waals surface area contributed by atoms with Crippen LogP contribution in [0.3, 0.4) is 0 Å². The SMILES string of the molecule is Cc1cc(NCC(=O)N2CCCCC2)cc(C)c1Br. The van der Waals surface area contributed by atoms with Gasteiger partial charge in [0.15, 0.2) is 0 Å². The van der Waals surface area contributed by atoms with Crippen molar-refractivity contribution in [2.75, 3.05) is 25.0 Å². The third kappa shape index (κ3) is 3.72. The van der Waals surface area contributed by atoms with Crippen molar-refractivity contribution in [1.29, 1.82) is 0 Å². The second-order valence-electron chi connectivity index (χ2n) is 5.22. The van der Waals surface area contributed by atoms with Crippen LogP contribution in [0.2, 0.25) is 0 Å². The predicted molar refractivity (Wildman–Crippen MR) is 82.5 cm³/mol. The van der Waals surface area contributed by atoms with E-state index in [2.05, 4.69) is 47.2 Å². The van der Waals surface area contributed by atoms with Crippen molar-refractivity contribution in [2.24, 2.45) is 0 Å². The molecule has 4 heteroatoms. The molecule has 1 saturated heterocycles. The van der Waals surface area contributed by atoms with Gasteiger partial charge in [0.1, 0.15) is 0 Å². The fourth-order valence-electron chi connectivity index (χ4n) is 2.48. The molecule has 1 fully saturated rings. The molecule has 104 valence electrons. The van der Waals surface area contributed by atoms with Crippen molar-refractivity contribution in [3.05, 3.63) is 27.7 Å². The fourth-order valence-corrected chi connectivity index (χ4v) is 2.71. The number of halogens is 1. The minimum absolute atomic E-state index is 0.206. The molecule has 1 aliphatic rings. The van der Waals surface area contributed by atoms with E-state index in [4.69, 9.17) is 0 Å². The highest BCUT2D eigenvalue weighted by molar-refractivity contribution is 9.10. The first kappa shape index (κ1) is 14.4. The van der Waals surface area contributed by atoms with Crippen molar-refractivity contribution >= 4 is 27.5 Å². The zero-order chi connectivity index (χ0) is 13.8. The predicted octanol–water partition coefficient (Wildman–Crippen LogP) is 3.49. The summed E-state index contributed by atoms with van der Waals surface area (Å²) in [4.78, 5) is 14.0. The quantitative estimate of drug-likeness (QED) is 0.923. The molecule has 0 aromatic heterocycles. The average Bonchev–Trinajstić information content (AvgIpc) is 2.43. The van der Waals surface area contributed by atoms with Crippen molar-refractivity contribution in [2.45, 2.75) is 33.1 Å². The van der Waals surface area contributed by atoms with Crippen LogP contribution >= 0.6 is 15.9 Å². The van der Waals surface area contributed by atoms with Crippen LogP contribution < -0.4 is 5.32 Å². The van der Waals surface area contributed by atoms with Crippen LogP contribution in [0.15, 0.2) is 16.6 Å². The Kier molecular flexibility index (Phi) is 4.86. The Morgan fingerprint density at radius 2 is 1.79 bits per heavy atom. The zero-order valence-electron chi connectivity index (χ0n) is 11.6. The summed E-state index contributed by atoms with van der Waals surface area (Å²) in [6, 6.07) is 4.14. The van der Waals surface area contributed by atoms with Crippen molar-refractivity contribution < 1.29 is 4.79 Å². The molecule has 1 aliphatic heterocycles. The third-order valence-electron chi connectivity index (χ3n) is 3.59. The van der Waals surface area contributed by atoms with Crippen molar-refractivity contribution in [1.82, 2.24) is 4.90 Å². The number of nitrogens with one attached hydrogen (secondary N) is 1. The Bertz CT molecular complexity index is 444. The molecule has 1 N–H and O–H groups in total. The number of rotatable bonds is 3. The number of likely N-dealkylation sites (tertiary alicyclic amines) is 1. The number of nitrogens with zero attached hydrogens (tertiary/aromatic N) is 1. The lowest BCUT2D eigenvalue weighted by Crippen LogP contribution is -2.39. The summed E-state index contributed by atoms with van der Waals surface area (Å²) in [7, 11) is 0. The molecular formula is C15H21BrN2O. The van der Waals surface area contributed by atoms with E-state index in [9.17, 15) is 4.79 Å². The van der Waals surface area contributed by atoms with Gasteiger partial charge in [-0.25, -0.2) is 0 Å². The lowest BCUT2D eigenvalue weighted by atomic mass is 10.1. The van der Waals surface area contributed by atoms with Crippen LogP contribution in [0, 0.1) is 13.8 Å². The van der Waals surface area contributed by atoms with Gasteiger partial charge in [-0.3, -0.25) is 4.79 Å². The molecule has 0 aliphatic carbocycles. The van der Waals surface area contributed by atoms with Gasteiger partial charge in [-0.2, -0.15) is 0 Å². The van der Waals surface area contributed by atoms with E-state index in [0.717, 1.165) is 36.1 Å². The van der Waals surface area contributed by atoms with Gasteiger partial charge < -0.3 is 10.2 Å². The van der Waals surface area contributed by atoms with Gasteiger partial charge in [-0.15, -0.1) is 0 Å². The molecule has 0 unspecified atom stereocenters. The second kappa shape index (κ2) is 6.42. The number of piperidine rings is 1. The van der Waals surface area contributed by atoms with E-state index in [1.54, 1.807) is 0 Å². The summed E-state index contributed by atoms with van der Waals surface area (Å²) in [5.41, 5.74) is 3.39. The average molecular weight is 325 g/mol. The molecule has 19 heavy (non-hydrogen) atoms. The van der Waals surface area contributed by atoms with Gasteiger partial charge >= 0.3 is 0 Å². The molecule has 1 amide bonds. The van der Waals surface area contributed by atoms with Gasteiger partial charge in [0.2, 0.25) is 5.91 Å². The standard InChI is InChI=1S/C15H21BrN2O/c1-11-8-13(9-12(2)15(11)16)17-10-14(19)18-6-4-3-5-7-18/h8-9,17H,3-7,10H2,1-2H3. The number of hydrogen-bond acceptors (Lipinski definition) is 2. The van der Waals surface area contributed by atoms with Crippen LogP contribution in [0.5, 0.6) is 0 Å². The van der Waals surface area contributed by atoms with Gasteiger partial charge in [0.25, 0.3) is 0 Å². The Morgan fingerprint density at radius 1 is 1.21 bits per heavy atom. The minimum atomic E-state index is 0.206. The van der Waals surface area contributed by atoms with E-state index >= 15 is 0 Å². The lowest BCUT2D eigenvalue weighted by Gasteiger charge is -2.27. The largest absolute Gasteiger partial charge is 0.376 e. The molecule has 1 aromatic rings. The number of hydrogen-bond donors (Lipinski definition) is 1. The summed E-state index contributed by atoms with van der Waals surface area (Å²) in [5.74, 6) is 0.206. The maximum absolute atomic E-state index is 12.1. The van der Waals surface area contributed by atoms with Crippen molar-refractivity contribution in [3.8, 4) is 0 Å². The molecule has 1 aromatic carbocycles. The number of carbonyl (C=O) groups excluding carboxylic acids is 1. The topological polar surface area (TPSA) is 32.3 Å². The summed E-state index contributed by atoms with van der Waals surface area (Å²) in [6.45, 7) is 6.35. The minimum Gasteiger partial charge on any atom is -0.376 e. The maximum atomic E-state index is 12.1. The number of benzene rings is 1. The summed E-state index contributed by atoms with van der Waals surface area (Å²) in [6.07, 6.45) is 3.53. The number of amides is 1. The van der Waals surface area contributed by atoms with Crippen LogP contribution in [0.1, 0.15) is 30.4 Å². The smallest absolute Gasteiger partial charge is 0.241 e. The van der Waals surface area contributed by atoms with E-state index in [1.165, 1.54) is 17.5 Å². The molecule has 2 rings (SSSR count). The van der Waals surface area contributed by atoms with Crippen LogP contribution in [0.25, 0.3) is 0 Å². The van der Waals surface area contributed by atoms with Crippen LogP contribution in [-0.4, -0.2) is 30.4 Å². The highest BCUT2D eigenvalue weighted by Gasteiger charge is 2.15.